The van der Waals surface area contributed by atoms with Crippen LogP contribution in [0.4, 0.5) is 0 Å². The van der Waals surface area contributed by atoms with E-state index in [1.165, 1.54) is 49.3 Å². The Kier molecular flexibility index (Phi) is 19.2. The van der Waals surface area contributed by atoms with Gasteiger partial charge in [0, 0.05) is 74.3 Å². The number of thiophene rings is 1. The molecule has 0 saturated heterocycles. The quantitative estimate of drug-likeness (QED) is 0.0212. The number of Topliss-reactive ketones (excluding diaryl/α,β-unsaturated/α-hetero) is 1. The lowest BCUT2D eigenvalue weighted by Crippen LogP contribution is -2.49. The van der Waals surface area contributed by atoms with E-state index in [2.05, 4.69) is 144 Å². The summed E-state index contributed by atoms with van der Waals surface area (Å²) in [5.74, 6) is 1.05. The van der Waals surface area contributed by atoms with Crippen molar-refractivity contribution in [2.24, 2.45) is 4.99 Å². The highest BCUT2D eigenvalue weighted by molar-refractivity contribution is 7.13. The lowest BCUT2D eigenvalue weighted by Gasteiger charge is -2.38. The highest BCUT2D eigenvalue weighted by Gasteiger charge is 2.40. The third-order valence-corrected chi connectivity index (χ3v) is 20.3. The van der Waals surface area contributed by atoms with Crippen LogP contribution in [0.3, 0.4) is 0 Å². The van der Waals surface area contributed by atoms with Crippen LogP contribution in [0.2, 0.25) is 13.1 Å². The van der Waals surface area contributed by atoms with Crippen molar-refractivity contribution in [3.05, 3.63) is 213 Å². The van der Waals surface area contributed by atoms with E-state index in [-0.39, 0.29) is 11.7 Å². The zero-order chi connectivity index (χ0) is 57.2. The predicted molar refractivity (Wildman–Crippen MR) is 339 cm³/mol. The third-order valence-electron chi connectivity index (χ3n) is 15.8. The van der Waals surface area contributed by atoms with Gasteiger partial charge in [-0.3, -0.25) is 24.4 Å². The number of aryl methyl sites for hydroxylation is 1. The molecule has 7 aromatic rings. The molecule has 2 aliphatic rings. The van der Waals surface area contributed by atoms with Gasteiger partial charge < -0.3 is 24.7 Å². The maximum absolute atomic E-state index is 12.8. The van der Waals surface area contributed by atoms with Crippen molar-refractivity contribution in [1.29, 1.82) is 0 Å². The first-order valence-electron chi connectivity index (χ1n) is 28.0. The zero-order valence-corrected chi connectivity index (χ0v) is 49.4. The number of nitrogens with one attached hydrogen (secondary N) is 1. The minimum Gasteiger partial charge on any atom is -0.537 e. The first kappa shape index (κ1) is 58.5. The van der Waals surface area contributed by atoms with Crippen LogP contribution in [0, 0.1) is 0 Å². The van der Waals surface area contributed by atoms with Gasteiger partial charge in [-0.15, -0.1) is 11.3 Å². The number of hydrogen-bond acceptors (Lipinski definition) is 10. The van der Waals surface area contributed by atoms with Crippen LogP contribution in [0.1, 0.15) is 85.4 Å². The standard InChI is InChI=1S/C67H72B2N4O6SSi/c1-9-46-26-29-55-64(35-46)81(7,8)65-38-51(70-6)28-31-56(65)66(55)50-37-63(80-43-50)47-27-30-54-57(36-47)59(42-72(33-17-16-23-60(74)44(2)3)39-48-19-10-14-24-61(48)78-68-76)53-22-13-12-21-52(53)58(54)41-73(34-18-32-71-67(75)45(4)5)40-49-20-11-15-25-62(49)79-69-77/h10-15,19-22,24-31,35-38,43,76-77H,2,4,9,16-18,23,32-34,39-42H2,1,3,5-8H3,(H,71,75). The minimum absolute atomic E-state index is 0.0808. The summed E-state index contributed by atoms with van der Waals surface area (Å²) in [4.78, 5) is 36.0. The number of carbonyl (C=O) groups excluding carboxylic acids is 2. The van der Waals surface area contributed by atoms with Crippen molar-refractivity contribution in [2.75, 3.05) is 26.7 Å². The van der Waals surface area contributed by atoms with E-state index in [1.807, 2.05) is 55.6 Å². The molecule has 412 valence electrons. The van der Waals surface area contributed by atoms with Gasteiger partial charge in [-0.25, -0.2) is 0 Å². The number of unbranched alkanes of at least 4 members (excludes halogenated alkanes) is 1. The molecule has 9 rings (SSSR count). The normalized spacial score (nSPS) is 14.0. The van der Waals surface area contributed by atoms with Gasteiger partial charge in [-0.1, -0.05) is 130 Å². The number of aliphatic imine (C=N–C) groups is 1. The fraction of sp³-hybridized carbons (Fsp3) is 0.269. The van der Waals surface area contributed by atoms with Crippen molar-refractivity contribution in [2.45, 2.75) is 92.1 Å². The summed E-state index contributed by atoms with van der Waals surface area (Å²) < 4.78 is 11.3. The largest absolute Gasteiger partial charge is 0.569 e. The summed E-state index contributed by atoms with van der Waals surface area (Å²) in [5.41, 5.74) is 13.8. The molecule has 2 radical (unpaired) electrons. The third kappa shape index (κ3) is 13.3. The van der Waals surface area contributed by atoms with E-state index in [9.17, 15) is 19.6 Å². The molecule has 2 heterocycles. The second kappa shape index (κ2) is 26.6. The van der Waals surface area contributed by atoms with E-state index in [0.717, 1.165) is 83.5 Å². The molecule has 14 heteroatoms. The summed E-state index contributed by atoms with van der Waals surface area (Å²) in [6, 6.07) is 40.7. The number of ketones is 1. The highest BCUT2D eigenvalue weighted by atomic mass is 32.1. The van der Waals surface area contributed by atoms with Gasteiger partial charge in [0.05, 0.1) is 5.71 Å². The van der Waals surface area contributed by atoms with E-state index in [4.69, 9.17) is 9.31 Å². The van der Waals surface area contributed by atoms with Crippen molar-refractivity contribution in [3.8, 4) is 21.9 Å². The van der Waals surface area contributed by atoms with Crippen LogP contribution in [0.5, 0.6) is 11.5 Å². The first-order valence-corrected chi connectivity index (χ1v) is 31.9. The SMILES string of the molecule is C=C(C)C(=O)CCCCN(Cc1ccccc1O[B]O)Cc1c2ccccc2c(CN(CCCNC(=O)C(=C)C)Cc2ccccc2O[B]O)c2ccc(-c3cc(C4=C5C=CC(=NC)C=C5[Si](C)(C)c5cc(CC)ccc54)cs3)cc12. The summed E-state index contributed by atoms with van der Waals surface area (Å²) in [6.07, 6.45) is 10.4. The van der Waals surface area contributed by atoms with Crippen LogP contribution in [-0.4, -0.2) is 87.4 Å². The van der Waals surface area contributed by atoms with Gasteiger partial charge in [-0.05, 0) is 170 Å². The lowest BCUT2D eigenvalue weighted by molar-refractivity contribution is -0.117. The van der Waals surface area contributed by atoms with E-state index >= 15 is 0 Å². The molecular formula is C67H72B2N4O6SSi. The van der Waals surface area contributed by atoms with Crippen molar-refractivity contribution >= 4 is 84.5 Å². The average Bonchev–Trinajstić information content (AvgIpc) is 3.23. The number of allylic oxidation sites excluding steroid dienone is 6. The van der Waals surface area contributed by atoms with Crippen LogP contribution in [0.15, 0.2) is 179 Å². The van der Waals surface area contributed by atoms with Crippen LogP contribution < -0.4 is 19.8 Å². The Hall–Kier alpha value is -7.16. The summed E-state index contributed by atoms with van der Waals surface area (Å²) in [6.45, 7) is 22.4. The van der Waals surface area contributed by atoms with Gasteiger partial charge >= 0.3 is 15.4 Å². The van der Waals surface area contributed by atoms with Gasteiger partial charge in [0.15, 0.2) is 5.78 Å². The zero-order valence-electron chi connectivity index (χ0n) is 47.6. The van der Waals surface area contributed by atoms with E-state index in [1.54, 1.807) is 25.2 Å². The molecule has 0 bridgehead atoms. The van der Waals surface area contributed by atoms with Crippen LogP contribution in [-0.2, 0) is 42.2 Å². The number of nitrogens with zero attached hydrogens (tertiary/aromatic N) is 3. The molecule has 1 aliphatic carbocycles. The number of hydrogen-bond donors (Lipinski definition) is 3. The van der Waals surface area contributed by atoms with Crippen molar-refractivity contribution in [3.63, 3.8) is 0 Å². The topological polar surface area (TPSA) is 124 Å². The average molecular weight is 1110 g/mol. The van der Waals surface area contributed by atoms with Gasteiger partial charge in [0.1, 0.15) is 19.6 Å². The van der Waals surface area contributed by atoms with E-state index < -0.39 is 8.07 Å². The Morgan fingerprint density at radius 1 is 0.704 bits per heavy atom. The summed E-state index contributed by atoms with van der Waals surface area (Å²) in [5, 5.41) is 32.4. The second-order valence-corrected chi connectivity index (χ2v) is 27.0. The van der Waals surface area contributed by atoms with Gasteiger partial charge in [0.2, 0.25) is 5.91 Å². The number of carbonyl (C=O) groups is 2. The van der Waals surface area contributed by atoms with Crippen molar-refractivity contribution < 1.29 is 28.9 Å². The maximum atomic E-state index is 12.8. The first-order chi connectivity index (χ1) is 39.2. The molecule has 6 aromatic carbocycles. The van der Waals surface area contributed by atoms with Gasteiger partial charge in [0.25, 0.3) is 0 Å². The van der Waals surface area contributed by atoms with Crippen LogP contribution >= 0.6 is 11.3 Å². The van der Waals surface area contributed by atoms with Crippen LogP contribution in [0.25, 0.3) is 37.6 Å². The molecule has 0 spiro atoms. The number of fused-ring (bicyclic) bond motifs is 4. The molecule has 1 aromatic heterocycles. The number of amides is 1. The minimum atomic E-state index is -2.11. The fourth-order valence-corrected chi connectivity index (χ4v) is 15.5. The Bertz CT molecular complexity index is 3660. The van der Waals surface area contributed by atoms with E-state index in [0.29, 0.717) is 81.3 Å². The molecule has 10 nitrogen and oxygen atoms in total. The molecular weight excluding hydrogens is 1040 g/mol. The molecule has 0 saturated carbocycles. The Morgan fingerprint density at radius 3 is 1.94 bits per heavy atom. The van der Waals surface area contributed by atoms with Gasteiger partial charge in [-0.2, -0.15) is 0 Å². The Morgan fingerprint density at radius 2 is 1.32 bits per heavy atom. The monoisotopic (exact) mass is 1110 g/mol. The number of rotatable bonds is 26. The van der Waals surface area contributed by atoms with Crippen molar-refractivity contribution in [1.82, 2.24) is 15.1 Å². The lowest BCUT2D eigenvalue weighted by atomic mass is 9.89. The second-order valence-electron chi connectivity index (χ2n) is 21.8. The number of para-hydroxylation sites is 2. The molecule has 1 amide bonds. The molecule has 0 fully saturated rings. The molecule has 3 N–H and O–H groups in total. The summed E-state index contributed by atoms with van der Waals surface area (Å²) in [7, 11) is 1.22. The molecule has 1 aliphatic heterocycles. The molecule has 0 unspecified atom stereocenters. The fourth-order valence-electron chi connectivity index (χ4n) is 11.5. The smallest absolute Gasteiger partial charge is 0.537 e. The Balaban J connectivity index is 1.20. The predicted octanol–water partition coefficient (Wildman–Crippen LogP) is 12.3. The maximum Gasteiger partial charge on any atom is 0.569 e. The summed E-state index contributed by atoms with van der Waals surface area (Å²) >= 11 is 1.77. The number of benzene rings is 6. The molecule has 81 heavy (non-hydrogen) atoms. The molecule has 0 atom stereocenters. The Labute approximate surface area is 484 Å². The highest BCUT2D eigenvalue weighted by Crippen LogP contribution is 2.45.